The van der Waals surface area contributed by atoms with Crippen LogP contribution in [0.4, 0.5) is 4.79 Å². The molecule has 2 N–H and O–H groups in total. The van der Waals surface area contributed by atoms with Crippen molar-refractivity contribution in [1.82, 2.24) is 0 Å². The van der Waals surface area contributed by atoms with Crippen molar-refractivity contribution in [1.29, 1.82) is 0 Å². The van der Waals surface area contributed by atoms with Gasteiger partial charge in [-0.25, -0.2) is 4.79 Å². The van der Waals surface area contributed by atoms with E-state index in [2.05, 4.69) is 9.47 Å². The van der Waals surface area contributed by atoms with Crippen LogP contribution in [0.1, 0.15) is 12.5 Å². The van der Waals surface area contributed by atoms with Crippen LogP contribution >= 0.6 is 12.4 Å². The first-order valence-electron chi connectivity index (χ1n) is 5.79. The Bertz CT molecular complexity index is 397. The van der Waals surface area contributed by atoms with Gasteiger partial charge in [-0.3, -0.25) is 4.79 Å². The maximum atomic E-state index is 11.7. The second-order valence-electron chi connectivity index (χ2n) is 3.73. The van der Waals surface area contributed by atoms with E-state index < -0.39 is 18.0 Å². The highest BCUT2D eigenvalue weighted by Gasteiger charge is 2.22. The maximum absolute atomic E-state index is 11.7. The maximum Gasteiger partial charge on any atom is 0.516 e. The molecule has 1 atom stereocenters. The molecule has 0 amide bonds. The first-order chi connectivity index (χ1) is 8.67. The van der Waals surface area contributed by atoms with Crippen molar-refractivity contribution in [2.24, 2.45) is 11.7 Å². The van der Waals surface area contributed by atoms with Crippen molar-refractivity contribution < 1.29 is 19.1 Å². The van der Waals surface area contributed by atoms with Gasteiger partial charge in [0.2, 0.25) is 0 Å². The topological polar surface area (TPSA) is 78.6 Å². The van der Waals surface area contributed by atoms with E-state index >= 15 is 0 Å². The average Bonchev–Trinajstić information content (AvgIpc) is 2.37. The average molecular weight is 288 g/mol. The zero-order valence-electron chi connectivity index (χ0n) is 10.7. The van der Waals surface area contributed by atoms with E-state index in [0.29, 0.717) is 6.42 Å². The summed E-state index contributed by atoms with van der Waals surface area (Å²) in [5, 5.41) is 0. The highest BCUT2D eigenvalue weighted by atomic mass is 35.5. The van der Waals surface area contributed by atoms with E-state index in [1.807, 2.05) is 30.3 Å². The zero-order chi connectivity index (χ0) is 13.4. The van der Waals surface area contributed by atoms with Gasteiger partial charge in [-0.2, -0.15) is 0 Å². The summed E-state index contributed by atoms with van der Waals surface area (Å²) in [6.45, 7) is 1.92. The van der Waals surface area contributed by atoms with Crippen molar-refractivity contribution in [3.63, 3.8) is 0 Å². The summed E-state index contributed by atoms with van der Waals surface area (Å²) >= 11 is 0. The Labute approximate surface area is 118 Å². The smallest absolute Gasteiger partial charge is 0.434 e. The van der Waals surface area contributed by atoms with Crippen LogP contribution in [-0.4, -0.2) is 25.3 Å². The number of carbonyl (C=O) groups is 2. The summed E-state index contributed by atoms with van der Waals surface area (Å²) in [6, 6.07) is 9.41. The normalized spacial score (nSPS) is 11.1. The minimum absolute atomic E-state index is 0. The number of benzene rings is 1. The molecule has 0 saturated heterocycles. The van der Waals surface area contributed by atoms with Gasteiger partial charge < -0.3 is 15.2 Å². The van der Waals surface area contributed by atoms with Crippen LogP contribution in [0.15, 0.2) is 30.3 Å². The lowest BCUT2D eigenvalue weighted by atomic mass is 10.00. The third kappa shape index (κ3) is 6.22. The molecule has 6 heteroatoms. The molecule has 0 aliphatic rings. The van der Waals surface area contributed by atoms with Crippen LogP contribution in [0, 0.1) is 5.92 Å². The summed E-state index contributed by atoms with van der Waals surface area (Å²) in [5.41, 5.74) is 6.48. The van der Waals surface area contributed by atoms with Crippen LogP contribution in [0.3, 0.4) is 0 Å². The second kappa shape index (κ2) is 9.35. The fraction of sp³-hybridized carbons (Fsp3) is 0.385. The number of ether oxygens (including phenoxy) is 2. The highest BCUT2D eigenvalue weighted by Crippen LogP contribution is 2.10. The Kier molecular flexibility index (Phi) is 8.57. The molecule has 0 saturated carbocycles. The number of hydrogen-bond donors (Lipinski definition) is 1. The molecule has 0 radical (unpaired) electrons. The van der Waals surface area contributed by atoms with Gasteiger partial charge in [0.1, 0.15) is 0 Å². The summed E-state index contributed by atoms with van der Waals surface area (Å²) in [6.07, 6.45) is -0.538. The number of hydrogen-bond acceptors (Lipinski definition) is 5. The number of rotatable bonds is 5. The Morgan fingerprint density at radius 1 is 1.26 bits per heavy atom. The van der Waals surface area contributed by atoms with Gasteiger partial charge in [-0.1, -0.05) is 30.3 Å². The quantitative estimate of drug-likeness (QED) is 0.661. The molecular formula is C13H18ClNO4. The molecule has 0 fully saturated rings. The van der Waals surface area contributed by atoms with Gasteiger partial charge >= 0.3 is 12.1 Å². The van der Waals surface area contributed by atoms with E-state index in [0.717, 1.165) is 5.56 Å². The van der Waals surface area contributed by atoms with Crippen molar-refractivity contribution >= 4 is 24.5 Å². The molecule has 1 unspecified atom stereocenters. The second-order valence-corrected chi connectivity index (χ2v) is 3.73. The predicted molar refractivity (Wildman–Crippen MR) is 73.1 cm³/mol. The van der Waals surface area contributed by atoms with Crippen molar-refractivity contribution in [3.8, 4) is 0 Å². The van der Waals surface area contributed by atoms with E-state index in [-0.39, 0.29) is 25.6 Å². The molecule has 1 aromatic rings. The molecule has 0 spiro atoms. The van der Waals surface area contributed by atoms with Crippen molar-refractivity contribution in [2.45, 2.75) is 13.3 Å². The van der Waals surface area contributed by atoms with Crippen LogP contribution in [0.5, 0.6) is 0 Å². The fourth-order valence-electron chi connectivity index (χ4n) is 1.47. The van der Waals surface area contributed by atoms with Crippen LogP contribution < -0.4 is 5.73 Å². The molecule has 19 heavy (non-hydrogen) atoms. The molecule has 0 bridgehead atoms. The summed E-state index contributed by atoms with van der Waals surface area (Å²) in [4.78, 5) is 22.7. The lowest BCUT2D eigenvalue weighted by Gasteiger charge is -2.12. The minimum atomic E-state index is -0.978. The number of nitrogens with two attached hydrogens (primary N) is 1. The largest absolute Gasteiger partial charge is 0.516 e. The third-order valence-corrected chi connectivity index (χ3v) is 2.39. The fourth-order valence-corrected chi connectivity index (χ4v) is 1.47. The van der Waals surface area contributed by atoms with Crippen molar-refractivity contribution in [3.05, 3.63) is 35.9 Å². The van der Waals surface area contributed by atoms with Crippen LogP contribution in [-0.2, 0) is 20.7 Å². The van der Waals surface area contributed by atoms with Crippen LogP contribution in [0.25, 0.3) is 0 Å². The highest BCUT2D eigenvalue weighted by molar-refractivity contribution is 5.85. The minimum Gasteiger partial charge on any atom is -0.434 e. The van der Waals surface area contributed by atoms with Gasteiger partial charge in [0.25, 0.3) is 0 Å². The third-order valence-electron chi connectivity index (χ3n) is 2.39. The van der Waals surface area contributed by atoms with Crippen LogP contribution in [0.2, 0.25) is 0 Å². The Hall–Kier alpha value is -1.59. The first kappa shape index (κ1) is 17.4. The van der Waals surface area contributed by atoms with Gasteiger partial charge in [0.15, 0.2) is 0 Å². The summed E-state index contributed by atoms with van der Waals surface area (Å²) in [7, 11) is 0. The number of carbonyl (C=O) groups excluding carboxylic acids is 2. The standard InChI is InChI=1S/C13H17NO4.ClH/c1-2-17-13(16)18-12(15)11(9-14)8-10-6-4-3-5-7-10;/h3-7,11H,2,8-9,14H2,1H3;1H. The molecule has 0 aliphatic heterocycles. The van der Waals surface area contributed by atoms with Gasteiger partial charge in [0.05, 0.1) is 12.5 Å². The SMILES string of the molecule is CCOC(=O)OC(=O)C(CN)Cc1ccccc1.Cl. The molecule has 0 heterocycles. The molecule has 1 rings (SSSR count). The lowest BCUT2D eigenvalue weighted by Crippen LogP contribution is -2.29. The Morgan fingerprint density at radius 3 is 2.42 bits per heavy atom. The summed E-state index contributed by atoms with van der Waals surface area (Å²) in [5.74, 6) is -1.20. The van der Waals surface area contributed by atoms with Gasteiger partial charge in [0, 0.05) is 6.54 Å². The number of esters is 1. The molecule has 0 aromatic heterocycles. The van der Waals surface area contributed by atoms with E-state index in [9.17, 15) is 9.59 Å². The molecule has 5 nitrogen and oxygen atoms in total. The van der Waals surface area contributed by atoms with Crippen molar-refractivity contribution in [2.75, 3.05) is 13.2 Å². The van der Waals surface area contributed by atoms with Gasteiger partial charge in [-0.15, -0.1) is 12.4 Å². The monoisotopic (exact) mass is 287 g/mol. The molecule has 1 aromatic carbocycles. The zero-order valence-corrected chi connectivity index (χ0v) is 11.5. The summed E-state index contributed by atoms with van der Waals surface area (Å²) < 4.78 is 9.07. The lowest BCUT2D eigenvalue weighted by molar-refractivity contribution is -0.144. The first-order valence-corrected chi connectivity index (χ1v) is 5.79. The van der Waals surface area contributed by atoms with E-state index in [1.165, 1.54) is 0 Å². The molecular weight excluding hydrogens is 270 g/mol. The number of halogens is 1. The molecule has 0 aliphatic carbocycles. The Morgan fingerprint density at radius 2 is 1.89 bits per heavy atom. The van der Waals surface area contributed by atoms with Gasteiger partial charge in [-0.05, 0) is 18.9 Å². The van der Waals surface area contributed by atoms with E-state index in [4.69, 9.17) is 5.73 Å². The molecule has 106 valence electrons. The van der Waals surface area contributed by atoms with E-state index in [1.54, 1.807) is 6.92 Å². The Balaban J connectivity index is 0.00000324. The predicted octanol–water partition coefficient (Wildman–Crippen LogP) is 1.93.